The molecule has 19 heteroatoms. The van der Waals surface area contributed by atoms with E-state index in [1.165, 1.54) is 12.8 Å². The largest absolute Gasteiger partial charge is 0.472 e. The number of phosphoric ester groups is 2. The molecular weight excluding hydrogens is 1280 g/mol. The predicted molar refractivity (Wildman–Crippen MR) is 399 cm³/mol. The van der Waals surface area contributed by atoms with Crippen molar-refractivity contribution < 1.29 is 80.2 Å². The van der Waals surface area contributed by atoms with Crippen molar-refractivity contribution in [1.82, 2.24) is 0 Å². The number of carbonyl (C=O) groups excluding carboxylic acids is 4. The van der Waals surface area contributed by atoms with Gasteiger partial charge in [0, 0.05) is 25.7 Å². The summed E-state index contributed by atoms with van der Waals surface area (Å²) in [6, 6.07) is 0. The van der Waals surface area contributed by atoms with Gasteiger partial charge in [-0.3, -0.25) is 37.3 Å². The minimum absolute atomic E-state index is 0.0728. The van der Waals surface area contributed by atoms with Gasteiger partial charge in [-0.1, -0.05) is 252 Å². The molecule has 0 aromatic carbocycles. The molecule has 0 bridgehead atoms. The van der Waals surface area contributed by atoms with Gasteiger partial charge in [-0.2, -0.15) is 0 Å². The summed E-state index contributed by atoms with van der Waals surface area (Å²) >= 11 is 0. The first-order valence-corrected chi connectivity index (χ1v) is 40.8. The Balaban J connectivity index is 5.34. The maximum absolute atomic E-state index is 13.1. The topological polar surface area (TPSA) is 237 Å². The molecule has 0 aliphatic heterocycles. The third-order valence-corrected chi connectivity index (χ3v) is 17.3. The zero-order valence-electron chi connectivity index (χ0n) is 61.2. The lowest BCUT2D eigenvalue weighted by atomic mass is 10.1. The van der Waals surface area contributed by atoms with E-state index in [2.05, 4.69) is 149 Å². The van der Waals surface area contributed by atoms with Gasteiger partial charge in [-0.15, -0.1) is 0 Å². The molecule has 0 fully saturated rings. The van der Waals surface area contributed by atoms with Crippen LogP contribution in [-0.4, -0.2) is 96.7 Å². The Bertz CT molecular complexity index is 2340. The molecule has 0 aliphatic rings. The molecule has 0 radical (unpaired) electrons. The van der Waals surface area contributed by atoms with Crippen LogP contribution >= 0.6 is 15.6 Å². The van der Waals surface area contributed by atoms with E-state index in [1.54, 1.807) is 0 Å². The van der Waals surface area contributed by atoms with Crippen LogP contribution in [0, 0.1) is 0 Å². The van der Waals surface area contributed by atoms with Crippen molar-refractivity contribution in [2.45, 2.75) is 316 Å². The van der Waals surface area contributed by atoms with Crippen molar-refractivity contribution in [1.29, 1.82) is 0 Å². The van der Waals surface area contributed by atoms with Crippen LogP contribution in [0.4, 0.5) is 0 Å². The number of esters is 4. The molecule has 5 unspecified atom stereocenters. The number of aliphatic hydroxyl groups is 1. The highest BCUT2D eigenvalue weighted by atomic mass is 31.2. The first-order chi connectivity index (χ1) is 47.7. The molecule has 0 saturated heterocycles. The van der Waals surface area contributed by atoms with Gasteiger partial charge in [-0.05, 0) is 141 Å². The van der Waals surface area contributed by atoms with Crippen molar-refractivity contribution >= 4 is 39.5 Å². The summed E-state index contributed by atoms with van der Waals surface area (Å²) in [5, 5.41) is 10.6. The van der Waals surface area contributed by atoms with E-state index in [-0.39, 0.29) is 25.7 Å². The van der Waals surface area contributed by atoms with Crippen LogP contribution in [0.25, 0.3) is 0 Å². The molecule has 0 aliphatic carbocycles. The van der Waals surface area contributed by atoms with Crippen LogP contribution < -0.4 is 0 Å². The number of ether oxygens (including phenoxy) is 4. The predicted octanol–water partition coefficient (Wildman–Crippen LogP) is 21.6. The van der Waals surface area contributed by atoms with Gasteiger partial charge in [0.05, 0.1) is 26.4 Å². The number of aliphatic hydroxyl groups excluding tert-OH is 1. The van der Waals surface area contributed by atoms with Crippen LogP contribution in [0.2, 0.25) is 0 Å². The number of hydrogen-bond donors (Lipinski definition) is 3. The first-order valence-electron chi connectivity index (χ1n) is 37.8. The van der Waals surface area contributed by atoms with E-state index in [0.29, 0.717) is 25.7 Å². The van der Waals surface area contributed by atoms with Gasteiger partial charge in [0.2, 0.25) is 0 Å². The maximum atomic E-state index is 13.1. The Kier molecular flexibility index (Phi) is 67.6. The fourth-order valence-electron chi connectivity index (χ4n) is 9.66. The molecule has 0 spiro atoms. The highest BCUT2D eigenvalue weighted by Gasteiger charge is 2.30. The van der Waals surface area contributed by atoms with E-state index < -0.39 is 97.5 Å². The Labute approximate surface area is 593 Å². The van der Waals surface area contributed by atoms with Crippen LogP contribution in [-0.2, 0) is 65.4 Å². The molecule has 0 heterocycles. The van der Waals surface area contributed by atoms with E-state index >= 15 is 0 Å². The van der Waals surface area contributed by atoms with E-state index in [0.717, 1.165) is 205 Å². The van der Waals surface area contributed by atoms with E-state index in [9.17, 15) is 43.2 Å². The molecule has 562 valence electrons. The number of phosphoric acid groups is 2. The number of allylic oxidation sites excluding steroid dienone is 20. The summed E-state index contributed by atoms with van der Waals surface area (Å²) in [5.41, 5.74) is 0. The van der Waals surface area contributed by atoms with Crippen LogP contribution in [0.15, 0.2) is 122 Å². The Morgan fingerprint density at radius 3 is 0.867 bits per heavy atom. The fourth-order valence-corrected chi connectivity index (χ4v) is 11.2. The van der Waals surface area contributed by atoms with Crippen molar-refractivity contribution in [2.75, 3.05) is 39.6 Å². The second kappa shape index (κ2) is 70.9. The Morgan fingerprint density at radius 1 is 0.296 bits per heavy atom. The smallest absolute Gasteiger partial charge is 0.462 e. The van der Waals surface area contributed by atoms with Crippen LogP contribution in [0.1, 0.15) is 297 Å². The third-order valence-electron chi connectivity index (χ3n) is 15.4. The summed E-state index contributed by atoms with van der Waals surface area (Å²) < 4.78 is 68.4. The highest BCUT2D eigenvalue weighted by Crippen LogP contribution is 2.45. The molecule has 98 heavy (non-hydrogen) atoms. The lowest BCUT2D eigenvalue weighted by Crippen LogP contribution is -2.30. The number of unbranched alkanes of at least 4 members (excludes halogenated alkanes) is 24. The van der Waals surface area contributed by atoms with Crippen molar-refractivity contribution in [3.8, 4) is 0 Å². The monoisotopic (exact) mass is 1420 g/mol. The van der Waals surface area contributed by atoms with Crippen molar-refractivity contribution in [3.05, 3.63) is 122 Å². The van der Waals surface area contributed by atoms with E-state index in [4.69, 9.17) is 37.0 Å². The summed E-state index contributed by atoms with van der Waals surface area (Å²) in [6.45, 7) is 4.48. The SMILES string of the molecule is CC/C=C\C/C=C\C/C=C\C/C=C\CCCCCCCCC(=O)OCC(COP(=O)(O)OCC(O)COP(=O)(O)OCC(COC(=O)CCCCCCC/C=C\C/C=C\C/C=C\CC)OC(=O)CCCCCCC/C=C\CCCC)OC(=O)CCCCCCC/C=C\C/C=C\CCC. The van der Waals surface area contributed by atoms with Crippen LogP contribution in [0.3, 0.4) is 0 Å². The number of carbonyl (C=O) groups is 4. The van der Waals surface area contributed by atoms with Crippen LogP contribution in [0.5, 0.6) is 0 Å². The average molecular weight is 1420 g/mol. The van der Waals surface area contributed by atoms with Gasteiger partial charge in [0.15, 0.2) is 12.2 Å². The minimum atomic E-state index is -4.98. The molecule has 0 amide bonds. The average Bonchev–Trinajstić information content (AvgIpc) is 0.972. The summed E-state index contributed by atoms with van der Waals surface area (Å²) in [5.74, 6) is -2.23. The van der Waals surface area contributed by atoms with E-state index in [1.807, 2.05) is 0 Å². The molecular formula is C79H134O17P2. The van der Waals surface area contributed by atoms with Crippen molar-refractivity contribution in [2.24, 2.45) is 0 Å². The normalized spacial score (nSPS) is 14.6. The summed E-state index contributed by atoms with van der Waals surface area (Å²) in [4.78, 5) is 72.8. The lowest BCUT2D eigenvalue weighted by molar-refractivity contribution is -0.161. The Hall–Kier alpha value is -4.54. The molecule has 0 aromatic rings. The zero-order chi connectivity index (χ0) is 71.8. The first kappa shape index (κ1) is 93.5. The molecule has 17 nitrogen and oxygen atoms in total. The van der Waals surface area contributed by atoms with Gasteiger partial charge in [-0.25, -0.2) is 9.13 Å². The summed E-state index contributed by atoms with van der Waals surface area (Å²) in [6.07, 6.45) is 76.2. The van der Waals surface area contributed by atoms with Gasteiger partial charge in [0.1, 0.15) is 19.3 Å². The quantitative estimate of drug-likeness (QED) is 0.0169. The lowest BCUT2D eigenvalue weighted by Gasteiger charge is -2.21. The molecule has 5 atom stereocenters. The maximum Gasteiger partial charge on any atom is 0.472 e. The second-order valence-corrected chi connectivity index (χ2v) is 27.7. The summed E-state index contributed by atoms with van der Waals surface area (Å²) in [7, 11) is -9.96. The molecule has 3 N–H and O–H groups in total. The van der Waals surface area contributed by atoms with Gasteiger partial charge in [0.25, 0.3) is 0 Å². The fraction of sp³-hybridized carbons (Fsp3) is 0.696. The molecule has 0 rings (SSSR count). The highest BCUT2D eigenvalue weighted by molar-refractivity contribution is 7.47. The third kappa shape index (κ3) is 69.9. The number of rotatable bonds is 70. The zero-order valence-corrected chi connectivity index (χ0v) is 63.0. The minimum Gasteiger partial charge on any atom is -0.462 e. The standard InChI is InChI=1S/C79H134O17P2/c1-5-9-13-17-21-25-29-32-34-35-36-37-39-42-45-48-52-56-60-64-77(82)90-70-75(96-79(84)66-62-58-54-50-46-40-31-27-23-19-15-11-7-3)72-94-98(87,88)92-68-73(80)67-91-97(85,86)93-71-74(95-78(83)65-61-57-53-49-43-28-24-20-16-12-8-4)69-89-76(81)63-59-55-51-47-44-41-38-33-30-26-22-18-14-10-6-2/h9-10,13-15,19-22,24-27,31-34,36-38,73-75,80H,5-8,11-12,16-18,23,28-30,35,39-72H2,1-4H3,(H,85,86)(H,87,88)/b13-9-,14-10-,19-15-,24-20-,25-21-,26-22-,31-27-,34-32-,37-36-,38-33-. The molecule has 0 saturated carbocycles. The van der Waals surface area contributed by atoms with Crippen molar-refractivity contribution in [3.63, 3.8) is 0 Å². The second-order valence-electron chi connectivity index (χ2n) is 24.8. The number of hydrogen-bond acceptors (Lipinski definition) is 15. The Morgan fingerprint density at radius 2 is 0.551 bits per heavy atom. The van der Waals surface area contributed by atoms with Gasteiger partial charge >= 0.3 is 39.5 Å². The molecule has 0 aromatic heterocycles. The van der Waals surface area contributed by atoms with Gasteiger partial charge < -0.3 is 33.8 Å².